The SMILES string of the molecule is CCOCc1nc(C(C)(C)N)cs1. The molecule has 13 heavy (non-hydrogen) atoms. The molecule has 0 fully saturated rings. The molecule has 0 unspecified atom stereocenters. The lowest BCUT2D eigenvalue weighted by Crippen LogP contribution is -2.29. The molecular formula is C9H16N2OS. The van der Waals surface area contributed by atoms with Crippen LogP contribution in [0.15, 0.2) is 5.38 Å². The molecular weight excluding hydrogens is 184 g/mol. The Hall–Kier alpha value is -0.450. The zero-order valence-electron chi connectivity index (χ0n) is 8.33. The second-order valence-electron chi connectivity index (χ2n) is 3.49. The molecule has 0 amide bonds. The first kappa shape index (κ1) is 10.6. The Bertz CT molecular complexity index is 265. The molecule has 0 saturated heterocycles. The summed E-state index contributed by atoms with van der Waals surface area (Å²) in [5, 5.41) is 2.99. The zero-order valence-corrected chi connectivity index (χ0v) is 9.15. The van der Waals surface area contributed by atoms with E-state index in [1.165, 1.54) is 0 Å². The lowest BCUT2D eigenvalue weighted by Gasteiger charge is -2.14. The standard InChI is InChI=1S/C9H16N2OS/c1-4-12-5-8-11-7(6-13-8)9(2,3)10/h6H,4-5,10H2,1-3H3. The minimum Gasteiger partial charge on any atom is -0.375 e. The molecule has 0 bridgehead atoms. The highest BCUT2D eigenvalue weighted by Crippen LogP contribution is 2.19. The molecule has 1 aromatic rings. The lowest BCUT2D eigenvalue weighted by atomic mass is 10.0. The molecule has 74 valence electrons. The van der Waals surface area contributed by atoms with E-state index < -0.39 is 0 Å². The summed E-state index contributed by atoms with van der Waals surface area (Å²) < 4.78 is 5.25. The van der Waals surface area contributed by atoms with E-state index in [1.54, 1.807) is 11.3 Å². The molecule has 0 aliphatic carbocycles. The molecule has 0 spiro atoms. The molecule has 1 heterocycles. The summed E-state index contributed by atoms with van der Waals surface area (Å²) in [6.45, 7) is 7.19. The predicted octanol–water partition coefficient (Wildman–Crippen LogP) is 1.87. The van der Waals surface area contributed by atoms with Crippen LogP contribution in [0.3, 0.4) is 0 Å². The van der Waals surface area contributed by atoms with E-state index in [1.807, 2.05) is 26.2 Å². The van der Waals surface area contributed by atoms with Crippen molar-refractivity contribution in [2.45, 2.75) is 32.9 Å². The normalized spacial score (nSPS) is 12.0. The van der Waals surface area contributed by atoms with Gasteiger partial charge in [0.15, 0.2) is 0 Å². The highest BCUT2D eigenvalue weighted by atomic mass is 32.1. The van der Waals surface area contributed by atoms with E-state index in [9.17, 15) is 0 Å². The van der Waals surface area contributed by atoms with Crippen LogP contribution in [-0.2, 0) is 16.9 Å². The van der Waals surface area contributed by atoms with Gasteiger partial charge in [-0.05, 0) is 20.8 Å². The molecule has 0 saturated carbocycles. The second-order valence-corrected chi connectivity index (χ2v) is 4.43. The molecule has 4 heteroatoms. The van der Waals surface area contributed by atoms with Crippen LogP contribution in [0.4, 0.5) is 0 Å². The summed E-state index contributed by atoms with van der Waals surface area (Å²) in [5.41, 5.74) is 6.49. The Labute approximate surface area is 82.9 Å². The number of thiazole rings is 1. The van der Waals surface area contributed by atoms with E-state index >= 15 is 0 Å². The quantitative estimate of drug-likeness (QED) is 0.807. The first-order valence-corrected chi connectivity index (χ1v) is 5.23. The predicted molar refractivity (Wildman–Crippen MR) is 54.7 cm³/mol. The van der Waals surface area contributed by atoms with Crippen LogP contribution in [0.1, 0.15) is 31.5 Å². The number of ether oxygens (including phenoxy) is 1. The maximum atomic E-state index is 5.90. The van der Waals surface area contributed by atoms with Crippen LogP contribution < -0.4 is 5.73 Å². The summed E-state index contributed by atoms with van der Waals surface area (Å²) in [6, 6.07) is 0. The highest BCUT2D eigenvalue weighted by Gasteiger charge is 2.17. The third-order valence-electron chi connectivity index (χ3n) is 1.64. The minimum absolute atomic E-state index is 0.346. The lowest BCUT2D eigenvalue weighted by molar-refractivity contribution is 0.133. The molecule has 0 aliphatic heterocycles. The molecule has 1 rings (SSSR count). The monoisotopic (exact) mass is 200 g/mol. The van der Waals surface area contributed by atoms with Gasteiger partial charge in [0.1, 0.15) is 5.01 Å². The fraction of sp³-hybridized carbons (Fsp3) is 0.667. The molecule has 0 atom stereocenters. The fourth-order valence-corrected chi connectivity index (χ4v) is 1.77. The van der Waals surface area contributed by atoms with Crippen molar-refractivity contribution in [1.82, 2.24) is 4.98 Å². The van der Waals surface area contributed by atoms with Gasteiger partial charge in [0.2, 0.25) is 0 Å². The van der Waals surface area contributed by atoms with Gasteiger partial charge in [0, 0.05) is 12.0 Å². The highest BCUT2D eigenvalue weighted by molar-refractivity contribution is 7.09. The van der Waals surface area contributed by atoms with E-state index in [-0.39, 0.29) is 5.54 Å². The summed E-state index contributed by atoms with van der Waals surface area (Å²) in [4.78, 5) is 4.39. The number of aromatic nitrogens is 1. The van der Waals surface area contributed by atoms with Crippen molar-refractivity contribution in [2.75, 3.05) is 6.61 Å². The summed E-state index contributed by atoms with van der Waals surface area (Å²) in [7, 11) is 0. The topological polar surface area (TPSA) is 48.1 Å². The molecule has 3 nitrogen and oxygen atoms in total. The Morgan fingerprint density at radius 3 is 2.77 bits per heavy atom. The average molecular weight is 200 g/mol. The Morgan fingerprint density at radius 2 is 2.31 bits per heavy atom. The minimum atomic E-state index is -0.346. The third kappa shape index (κ3) is 3.06. The Kier molecular flexibility index (Phi) is 3.41. The van der Waals surface area contributed by atoms with E-state index in [2.05, 4.69) is 4.98 Å². The van der Waals surface area contributed by atoms with Gasteiger partial charge in [0.25, 0.3) is 0 Å². The van der Waals surface area contributed by atoms with Crippen molar-refractivity contribution in [3.8, 4) is 0 Å². The average Bonchev–Trinajstić information content (AvgIpc) is 2.47. The van der Waals surface area contributed by atoms with Gasteiger partial charge in [-0.1, -0.05) is 0 Å². The maximum Gasteiger partial charge on any atom is 0.119 e. The number of hydrogen-bond acceptors (Lipinski definition) is 4. The van der Waals surface area contributed by atoms with Crippen LogP contribution in [0.2, 0.25) is 0 Å². The molecule has 1 aromatic heterocycles. The van der Waals surface area contributed by atoms with E-state index in [4.69, 9.17) is 10.5 Å². The first-order chi connectivity index (χ1) is 6.04. The van der Waals surface area contributed by atoms with Gasteiger partial charge < -0.3 is 10.5 Å². The van der Waals surface area contributed by atoms with Crippen molar-refractivity contribution in [3.63, 3.8) is 0 Å². The van der Waals surface area contributed by atoms with Crippen LogP contribution in [0.5, 0.6) is 0 Å². The van der Waals surface area contributed by atoms with E-state index in [0.717, 1.165) is 17.3 Å². The summed E-state index contributed by atoms with van der Waals surface area (Å²) >= 11 is 1.60. The zero-order chi connectivity index (χ0) is 9.90. The van der Waals surface area contributed by atoms with Crippen molar-refractivity contribution in [2.24, 2.45) is 5.73 Å². The van der Waals surface area contributed by atoms with Crippen molar-refractivity contribution in [1.29, 1.82) is 0 Å². The Morgan fingerprint density at radius 1 is 1.62 bits per heavy atom. The summed E-state index contributed by atoms with van der Waals surface area (Å²) in [5.74, 6) is 0. The van der Waals surface area contributed by atoms with Gasteiger partial charge in [-0.15, -0.1) is 11.3 Å². The van der Waals surface area contributed by atoms with Gasteiger partial charge in [0.05, 0.1) is 17.8 Å². The second kappa shape index (κ2) is 4.17. The Balaban J connectivity index is 2.64. The van der Waals surface area contributed by atoms with E-state index in [0.29, 0.717) is 6.61 Å². The smallest absolute Gasteiger partial charge is 0.119 e. The van der Waals surface area contributed by atoms with Crippen LogP contribution in [0, 0.1) is 0 Å². The number of rotatable bonds is 4. The number of hydrogen-bond donors (Lipinski definition) is 1. The first-order valence-electron chi connectivity index (χ1n) is 4.35. The van der Waals surface area contributed by atoms with Gasteiger partial charge in [-0.25, -0.2) is 4.98 Å². The number of nitrogens with zero attached hydrogens (tertiary/aromatic N) is 1. The number of nitrogens with two attached hydrogens (primary N) is 1. The fourth-order valence-electron chi connectivity index (χ4n) is 0.863. The van der Waals surface area contributed by atoms with Crippen molar-refractivity contribution < 1.29 is 4.74 Å². The van der Waals surface area contributed by atoms with Gasteiger partial charge >= 0.3 is 0 Å². The third-order valence-corrected chi connectivity index (χ3v) is 2.46. The maximum absolute atomic E-state index is 5.90. The van der Waals surface area contributed by atoms with Crippen LogP contribution in [0.25, 0.3) is 0 Å². The summed E-state index contributed by atoms with van der Waals surface area (Å²) in [6.07, 6.45) is 0. The molecule has 0 radical (unpaired) electrons. The van der Waals surface area contributed by atoms with Gasteiger partial charge in [-0.3, -0.25) is 0 Å². The van der Waals surface area contributed by atoms with Crippen LogP contribution >= 0.6 is 11.3 Å². The molecule has 0 aromatic carbocycles. The molecule has 0 aliphatic rings. The van der Waals surface area contributed by atoms with Crippen molar-refractivity contribution in [3.05, 3.63) is 16.1 Å². The van der Waals surface area contributed by atoms with Crippen molar-refractivity contribution >= 4 is 11.3 Å². The van der Waals surface area contributed by atoms with Gasteiger partial charge in [-0.2, -0.15) is 0 Å². The molecule has 2 N–H and O–H groups in total. The largest absolute Gasteiger partial charge is 0.375 e. The van der Waals surface area contributed by atoms with Crippen LogP contribution in [-0.4, -0.2) is 11.6 Å².